The zero-order valence-corrected chi connectivity index (χ0v) is 9.39. The Morgan fingerprint density at radius 1 is 1.71 bits per heavy atom. The molecule has 1 N–H and O–H groups in total. The van der Waals surface area contributed by atoms with E-state index in [1.807, 2.05) is 0 Å². The summed E-state index contributed by atoms with van der Waals surface area (Å²) >= 11 is 0. The van der Waals surface area contributed by atoms with Gasteiger partial charge in [0.1, 0.15) is 5.82 Å². The minimum atomic E-state index is -1.00. The van der Waals surface area contributed by atoms with Crippen molar-refractivity contribution in [1.82, 2.24) is 9.88 Å². The predicted molar refractivity (Wildman–Crippen MR) is 57.5 cm³/mol. The number of pyridine rings is 1. The van der Waals surface area contributed by atoms with Crippen molar-refractivity contribution in [2.45, 2.75) is 18.9 Å². The van der Waals surface area contributed by atoms with Crippen LogP contribution in [0, 0.1) is 5.82 Å². The molecule has 0 saturated carbocycles. The molecule has 0 spiro atoms. The maximum Gasteiger partial charge on any atom is 0.407 e. The van der Waals surface area contributed by atoms with E-state index in [1.165, 1.54) is 18.1 Å². The minimum absolute atomic E-state index is 0.282. The van der Waals surface area contributed by atoms with Crippen molar-refractivity contribution in [2.24, 2.45) is 0 Å². The first-order valence-electron chi connectivity index (χ1n) is 5.32. The number of hydrogen-bond donors (Lipinski definition) is 1. The van der Waals surface area contributed by atoms with Crippen LogP contribution in [-0.4, -0.2) is 34.7 Å². The zero-order chi connectivity index (χ0) is 12.4. The molecule has 2 rings (SSSR count). The summed E-state index contributed by atoms with van der Waals surface area (Å²) < 4.78 is 18.2. The molecule has 5 nitrogen and oxygen atoms in total. The van der Waals surface area contributed by atoms with Crippen molar-refractivity contribution in [3.8, 4) is 5.88 Å². The monoisotopic (exact) mass is 240 g/mol. The Morgan fingerprint density at radius 2 is 2.47 bits per heavy atom. The van der Waals surface area contributed by atoms with E-state index in [0.717, 1.165) is 12.6 Å². The van der Waals surface area contributed by atoms with Gasteiger partial charge in [0.15, 0.2) is 0 Å². The Kier molecular flexibility index (Phi) is 3.12. The summed E-state index contributed by atoms with van der Waals surface area (Å²) in [4.78, 5) is 16.1. The fourth-order valence-electron chi connectivity index (χ4n) is 2.17. The summed E-state index contributed by atoms with van der Waals surface area (Å²) in [7, 11) is 1.43. The third kappa shape index (κ3) is 2.15. The minimum Gasteiger partial charge on any atom is -0.481 e. The van der Waals surface area contributed by atoms with Crippen LogP contribution in [0.1, 0.15) is 24.4 Å². The molecule has 0 radical (unpaired) electrons. The van der Waals surface area contributed by atoms with Gasteiger partial charge in [-0.3, -0.25) is 0 Å². The maximum absolute atomic E-state index is 13.2. The number of amides is 1. The number of ether oxygens (including phenoxy) is 1. The highest BCUT2D eigenvalue weighted by molar-refractivity contribution is 5.66. The van der Waals surface area contributed by atoms with Crippen molar-refractivity contribution < 1.29 is 19.0 Å². The maximum atomic E-state index is 13.2. The largest absolute Gasteiger partial charge is 0.481 e. The van der Waals surface area contributed by atoms with Crippen LogP contribution < -0.4 is 4.74 Å². The molecule has 0 aromatic carbocycles. The molecule has 0 aliphatic carbocycles. The average molecular weight is 240 g/mol. The molecule has 1 fully saturated rings. The molecular formula is C11H13FN2O3. The fourth-order valence-corrected chi connectivity index (χ4v) is 2.17. The lowest BCUT2D eigenvalue weighted by molar-refractivity contribution is 0.139. The summed E-state index contributed by atoms with van der Waals surface area (Å²) in [6.45, 7) is 0.458. The molecule has 1 amide bonds. The number of nitrogens with zero attached hydrogens (tertiary/aromatic N) is 2. The highest BCUT2D eigenvalue weighted by Gasteiger charge is 2.32. The predicted octanol–water partition coefficient (Wildman–Crippen LogP) is 2.04. The van der Waals surface area contributed by atoms with Crippen LogP contribution in [0.4, 0.5) is 9.18 Å². The standard InChI is InChI=1S/C11H13FN2O3/c1-17-10-8(5-7(12)6-13-10)9-3-2-4-14(9)11(15)16/h5-6,9H,2-4H2,1H3,(H,15,16). The van der Waals surface area contributed by atoms with E-state index >= 15 is 0 Å². The van der Waals surface area contributed by atoms with Crippen LogP contribution in [0.5, 0.6) is 5.88 Å². The van der Waals surface area contributed by atoms with Gasteiger partial charge in [0, 0.05) is 12.1 Å². The van der Waals surface area contributed by atoms with Crippen LogP contribution in [0.25, 0.3) is 0 Å². The Hall–Kier alpha value is -1.85. The van der Waals surface area contributed by atoms with Gasteiger partial charge in [-0.25, -0.2) is 14.2 Å². The van der Waals surface area contributed by atoms with Crippen molar-refractivity contribution in [2.75, 3.05) is 13.7 Å². The van der Waals surface area contributed by atoms with Crippen LogP contribution in [0.3, 0.4) is 0 Å². The summed E-state index contributed by atoms with van der Waals surface area (Å²) in [5.41, 5.74) is 0.493. The van der Waals surface area contributed by atoms with E-state index in [-0.39, 0.29) is 11.9 Å². The van der Waals surface area contributed by atoms with Gasteiger partial charge >= 0.3 is 6.09 Å². The summed E-state index contributed by atoms with van der Waals surface area (Å²) in [5, 5.41) is 9.05. The number of carbonyl (C=O) groups is 1. The van der Waals surface area contributed by atoms with E-state index in [4.69, 9.17) is 9.84 Å². The SMILES string of the molecule is COc1ncc(F)cc1C1CCCN1C(=O)O. The number of methoxy groups -OCH3 is 1. The van der Waals surface area contributed by atoms with Gasteiger partial charge in [0.05, 0.1) is 19.3 Å². The molecule has 1 atom stereocenters. The quantitative estimate of drug-likeness (QED) is 0.859. The van der Waals surface area contributed by atoms with Crippen molar-refractivity contribution in [3.63, 3.8) is 0 Å². The molecule has 17 heavy (non-hydrogen) atoms. The fraction of sp³-hybridized carbons (Fsp3) is 0.455. The normalized spacial score (nSPS) is 19.4. The lowest BCUT2D eigenvalue weighted by Crippen LogP contribution is -2.29. The van der Waals surface area contributed by atoms with Crippen LogP contribution in [-0.2, 0) is 0 Å². The van der Waals surface area contributed by atoms with Gasteiger partial charge < -0.3 is 14.7 Å². The van der Waals surface area contributed by atoms with Gasteiger partial charge in [-0.1, -0.05) is 0 Å². The third-order valence-corrected chi connectivity index (χ3v) is 2.90. The summed E-state index contributed by atoms with van der Waals surface area (Å²) in [6.07, 6.45) is 1.48. The van der Waals surface area contributed by atoms with Crippen molar-refractivity contribution in [1.29, 1.82) is 0 Å². The molecular weight excluding hydrogens is 227 g/mol. The van der Waals surface area contributed by atoms with Crippen LogP contribution in [0.15, 0.2) is 12.3 Å². The Bertz CT molecular complexity index is 439. The van der Waals surface area contributed by atoms with Gasteiger partial charge in [-0.05, 0) is 18.9 Å². The average Bonchev–Trinajstić information content (AvgIpc) is 2.77. The van der Waals surface area contributed by atoms with Crippen LogP contribution >= 0.6 is 0 Å². The molecule has 1 aliphatic rings. The van der Waals surface area contributed by atoms with E-state index in [2.05, 4.69) is 4.98 Å². The second kappa shape index (κ2) is 4.57. The second-order valence-electron chi connectivity index (χ2n) is 3.89. The molecule has 92 valence electrons. The molecule has 1 unspecified atom stereocenters. The molecule has 0 bridgehead atoms. The lowest BCUT2D eigenvalue weighted by atomic mass is 10.1. The van der Waals surface area contributed by atoms with Gasteiger partial charge in [-0.2, -0.15) is 0 Å². The van der Waals surface area contributed by atoms with E-state index in [1.54, 1.807) is 0 Å². The number of halogens is 1. The molecule has 1 aliphatic heterocycles. The molecule has 2 heterocycles. The Morgan fingerprint density at radius 3 is 3.12 bits per heavy atom. The van der Waals surface area contributed by atoms with Gasteiger partial charge in [0.2, 0.25) is 5.88 Å². The summed E-state index contributed by atoms with van der Waals surface area (Å²) in [5.74, 6) is -0.206. The number of hydrogen-bond acceptors (Lipinski definition) is 3. The topological polar surface area (TPSA) is 62.7 Å². The second-order valence-corrected chi connectivity index (χ2v) is 3.89. The number of carboxylic acid groups (broad SMARTS) is 1. The lowest BCUT2D eigenvalue weighted by Gasteiger charge is -2.22. The highest BCUT2D eigenvalue weighted by atomic mass is 19.1. The first-order chi connectivity index (χ1) is 8.13. The van der Waals surface area contributed by atoms with E-state index in [0.29, 0.717) is 18.5 Å². The van der Waals surface area contributed by atoms with E-state index in [9.17, 15) is 9.18 Å². The summed E-state index contributed by atoms with van der Waals surface area (Å²) in [6, 6.07) is 0.920. The van der Waals surface area contributed by atoms with Crippen LogP contribution in [0.2, 0.25) is 0 Å². The molecule has 1 saturated heterocycles. The first-order valence-corrected chi connectivity index (χ1v) is 5.32. The number of likely N-dealkylation sites (tertiary alicyclic amines) is 1. The number of rotatable bonds is 2. The Labute approximate surface area is 97.8 Å². The van der Waals surface area contributed by atoms with Crippen molar-refractivity contribution in [3.05, 3.63) is 23.6 Å². The molecule has 1 aromatic heterocycles. The van der Waals surface area contributed by atoms with Gasteiger partial charge in [0.25, 0.3) is 0 Å². The first kappa shape index (κ1) is 11.6. The molecule has 6 heteroatoms. The van der Waals surface area contributed by atoms with Crippen molar-refractivity contribution >= 4 is 6.09 Å². The highest BCUT2D eigenvalue weighted by Crippen LogP contribution is 2.36. The van der Waals surface area contributed by atoms with Gasteiger partial charge in [-0.15, -0.1) is 0 Å². The smallest absolute Gasteiger partial charge is 0.407 e. The molecule has 1 aromatic rings. The zero-order valence-electron chi connectivity index (χ0n) is 9.39. The third-order valence-electron chi connectivity index (χ3n) is 2.90. The Balaban J connectivity index is 2.38. The van der Waals surface area contributed by atoms with E-state index < -0.39 is 11.9 Å². The number of aromatic nitrogens is 1.